The standard InChI is InChI=1S/C13H11Br2FS/c1-7-5-8(2)17-13(7)12(15)9-3-4-11(16)10(14)6-9/h3-6,12H,1-2H3. The number of hydrogen-bond donors (Lipinski definition) is 0. The van der Waals surface area contributed by atoms with Gasteiger partial charge in [-0.1, -0.05) is 22.0 Å². The maximum Gasteiger partial charge on any atom is 0.137 e. The molecule has 1 unspecified atom stereocenters. The topological polar surface area (TPSA) is 0 Å². The van der Waals surface area contributed by atoms with Gasteiger partial charge in [0.1, 0.15) is 5.82 Å². The molecule has 0 aliphatic heterocycles. The third kappa shape index (κ3) is 2.80. The maximum atomic E-state index is 13.2. The van der Waals surface area contributed by atoms with Gasteiger partial charge in [-0.25, -0.2) is 4.39 Å². The first-order valence-electron chi connectivity index (χ1n) is 5.15. The van der Waals surface area contributed by atoms with E-state index in [-0.39, 0.29) is 10.6 Å². The first-order chi connectivity index (χ1) is 7.99. The van der Waals surface area contributed by atoms with Gasteiger partial charge in [-0.15, -0.1) is 11.3 Å². The van der Waals surface area contributed by atoms with Gasteiger partial charge in [0.25, 0.3) is 0 Å². The lowest BCUT2D eigenvalue weighted by molar-refractivity contribution is 0.620. The van der Waals surface area contributed by atoms with Crippen molar-refractivity contribution in [2.24, 2.45) is 0 Å². The van der Waals surface area contributed by atoms with Crippen molar-refractivity contribution in [3.05, 3.63) is 55.4 Å². The van der Waals surface area contributed by atoms with Gasteiger partial charge in [-0.2, -0.15) is 0 Å². The average Bonchev–Trinajstić information content (AvgIpc) is 2.61. The Balaban J connectivity index is 2.40. The molecule has 0 aliphatic rings. The van der Waals surface area contributed by atoms with Crippen LogP contribution in [0.4, 0.5) is 4.39 Å². The fourth-order valence-corrected chi connectivity index (χ4v) is 4.10. The minimum atomic E-state index is -0.229. The summed E-state index contributed by atoms with van der Waals surface area (Å²) in [6.45, 7) is 4.20. The van der Waals surface area contributed by atoms with Gasteiger partial charge in [-0.3, -0.25) is 0 Å². The molecule has 17 heavy (non-hydrogen) atoms. The van der Waals surface area contributed by atoms with Crippen LogP contribution in [-0.2, 0) is 0 Å². The third-order valence-electron chi connectivity index (χ3n) is 2.55. The summed E-state index contributed by atoms with van der Waals surface area (Å²) < 4.78 is 13.7. The number of alkyl halides is 1. The zero-order valence-corrected chi connectivity index (χ0v) is 13.4. The Morgan fingerprint density at radius 3 is 2.47 bits per heavy atom. The fraction of sp³-hybridized carbons (Fsp3) is 0.231. The lowest BCUT2D eigenvalue weighted by atomic mass is 10.1. The van der Waals surface area contributed by atoms with E-state index >= 15 is 0 Å². The normalized spacial score (nSPS) is 12.8. The van der Waals surface area contributed by atoms with E-state index in [0.717, 1.165) is 5.56 Å². The molecule has 0 aliphatic carbocycles. The first-order valence-corrected chi connectivity index (χ1v) is 7.67. The van der Waals surface area contributed by atoms with Crippen LogP contribution in [-0.4, -0.2) is 0 Å². The molecule has 0 amide bonds. The molecule has 1 heterocycles. The van der Waals surface area contributed by atoms with Gasteiger partial charge in [0.05, 0.1) is 9.30 Å². The first kappa shape index (κ1) is 13.2. The van der Waals surface area contributed by atoms with Crippen LogP contribution in [0.5, 0.6) is 0 Å². The maximum absolute atomic E-state index is 13.2. The molecule has 1 aromatic carbocycles. The number of halogens is 3. The van der Waals surface area contributed by atoms with Crippen molar-refractivity contribution in [1.29, 1.82) is 0 Å². The minimum absolute atomic E-state index is 0.123. The van der Waals surface area contributed by atoms with E-state index in [9.17, 15) is 4.39 Å². The molecule has 0 N–H and O–H groups in total. The van der Waals surface area contributed by atoms with Crippen LogP contribution < -0.4 is 0 Å². The summed E-state index contributed by atoms with van der Waals surface area (Å²) in [6.07, 6.45) is 0. The Morgan fingerprint density at radius 1 is 1.24 bits per heavy atom. The van der Waals surface area contributed by atoms with Gasteiger partial charge >= 0.3 is 0 Å². The highest BCUT2D eigenvalue weighted by Crippen LogP contribution is 2.38. The van der Waals surface area contributed by atoms with E-state index in [1.165, 1.54) is 21.4 Å². The second-order valence-electron chi connectivity index (χ2n) is 3.94. The molecule has 0 saturated heterocycles. The van der Waals surface area contributed by atoms with Crippen molar-refractivity contribution in [3.8, 4) is 0 Å². The molecule has 0 bridgehead atoms. The van der Waals surface area contributed by atoms with E-state index < -0.39 is 0 Å². The van der Waals surface area contributed by atoms with Crippen LogP contribution >= 0.6 is 43.2 Å². The lowest BCUT2D eigenvalue weighted by Crippen LogP contribution is -1.92. The van der Waals surface area contributed by atoms with Crippen LogP contribution in [0.2, 0.25) is 0 Å². The molecule has 0 fully saturated rings. The Kier molecular flexibility index (Phi) is 4.06. The van der Waals surface area contributed by atoms with Crippen molar-refractivity contribution in [2.75, 3.05) is 0 Å². The van der Waals surface area contributed by atoms with E-state index in [4.69, 9.17) is 0 Å². The van der Waals surface area contributed by atoms with Gasteiger partial charge in [0.15, 0.2) is 0 Å². The third-order valence-corrected chi connectivity index (χ3v) is 5.66. The molecule has 0 nitrogen and oxygen atoms in total. The van der Waals surface area contributed by atoms with E-state index in [1.54, 1.807) is 11.3 Å². The highest BCUT2D eigenvalue weighted by molar-refractivity contribution is 9.10. The number of aryl methyl sites for hydroxylation is 2. The molecule has 90 valence electrons. The summed E-state index contributed by atoms with van der Waals surface area (Å²) in [5, 5.41) is 0. The van der Waals surface area contributed by atoms with Gasteiger partial charge in [-0.05, 0) is 59.1 Å². The predicted molar refractivity (Wildman–Crippen MR) is 78.7 cm³/mol. The molecule has 1 aromatic heterocycles. The summed E-state index contributed by atoms with van der Waals surface area (Å²) in [5.41, 5.74) is 2.33. The fourth-order valence-electron chi connectivity index (χ4n) is 1.73. The number of benzene rings is 1. The molecule has 2 rings (SSSR count). The quantitative estimate of drug-likeness (QED) is 0.584. The van der Waals surface area contributed by atoms with Crippen molar-refractivity contribution in [1.82, 2.24) is 0 Å². The second kappa shape index (κ2) is 5.21. The summed E-state index contributed by atoms with van der Waals surface area (Å²) in [6, 6.07) is 7.30. The Hall–Kier alpha value is -0.190. The van der Waals surface area contributed by atoms with Crippen LogP contribution in [0, 0.1) is 19.7 Å². The predicted octanol–water partition coefficient (Wildman–Crippen LogP) is 5.75. The molecular formula is C13H11Br2FS. The lowest BCUT2D eigenvalue weighted by Gasteiger charge is -2.10. The van der Waals surface area contributed by atoms with Crippen LogP contribution in [0.3, 0.4) is 0 Å². The Morgan fingerprint density at radius 2 is 1.94 bits per heavy atom. The highest BCUT2D eigenvalue weighted by atomic mass is 79.9. The van der Waals surface area contributed by atoms with Crippen molar-refractivity contribution >= 4 is 43.2 Å². The number of rotatable bonds is 2. The van der Waals surface area contributed by atoms with E-state index in [1.807, 2.05) is 12.1 Å². The SMILES string of the molecule is Cc1cc(C)c(C(Br)c2ccc(F)c(Br)c2)s1. The van der Waals surface area contributed by atoms with Crippen molar-refractivity contribution in [3.63, 3.8) is 0 Å². The largest absolute Gasteiger partial charge is 0.206 e. The van der Waals surface area contributed by atoms with Gasteiger partial charge in [0, 0.05) is 9.75 Å². The summed E-state index contributed by atoms with van der Waals surface area (Å²) >= 11 is 8.67. The molecule has 0 radical (unpaired) electrons. The highest BCUT2D eigenvalue weighted by Gasteiger charge is 2.16. The van der Waals surface area contributed by atoms with Crippen LogP contribution in [0.15, 0.2) is 28.7 Å². The summed E-state index contributed by atoms with van der Waals surface area (Å²) in [4.78, 5) is 2.70. The smallest absolute Gasteiger partial charge is 0.137 e. The Labute approximate surface area is 121 Å². The Bertz CT molecular complexity index is 548. The molecule has 4 heteroatoms. The summed E-state index contributed by atoms with van der Waals surface area (Å²) in [7, 11) is 0. The average molecular weight is 378 g/mol. The molecule has 2 aromatic rings. The zero-order valence-electron chi connectivity index (χ0n) is 9.43. The van der Waals surface area contributed by atoms with Crippen LogP contribution in [0.25, 0.3) is 0 Å². The second-order valence-corrected chi connectivity index (χ2v) is 7.00. The molecule has 1 atom stereocenters. The number of thiophene rings is 1. The van der Waals surface area contributed by atoms with Gasteiger partial charge < -0.3 is 0 Å². The molecular weight excluding hydrogens is 367 g/mol. The van der Waals surface area contributed by atoms with E-state index in [2.05, 4.69) is 51.8 Å². The summed E-state index contributed by atoms with van der Waals surface area (Å²) in [5.74, 6) is -0.229. The van der Waals surface area contributed by atoms with Crippen molar-refractivity contribution < 1.29 is 4.39 Å². The molecule has 0 saturated carbocycles. The minimum Gasteiger partial charge on any atom is -0.206 e. The monoisotopic (exact) mass is 376 g/mol. The zero-order chi connectivity index (χ0) is 12.6. The molecule has 0 spiro atoms. The van der Waals surface area contributed by atoms with Crippen LogP contribution in [0.1, 0.15) is 25.7 Å². The van der Waals surface area contributed by atoms with E-state index in [0.29, 0.717) is 4.47 Å². The number of hydrogen-bond acceptors (Lipinski definition) is 1. The van der Waals surface area contributed by atoms with Crippen molar-refractivity contribution in [2.45, 2.75) is 18.7 Å². The van der Waals surface area contributed by atoms with Gasteiger partial charge in [0.2, 0.25) is 0 Å².